The number of anilines is 2. The summed E-state index contributed by atoms with van der Waals surface area (Å²) in [4.78, 5) is 15.4. The van der Waals surface area contributed by atoms with Crippen molar-refractivity contribution in [1.29, 1.82) is 0 Å². The standard InChI is InChI=1S/C16H21N5/c1-2-4-11-21(10-3-1)15-7-9-18-16(20-15)19-13-14-6-5-8-17-12-14/h5-9,12H,1-4,10-11,13H2,(H,18,19,20). The van der Waals surface area contributed by atoms with Crippen LogP contribution in [0.1, 0.15) is 31.2 Å². The molecule has 1 N–H and O–H groups in total. The van der Waals surface area contributed by atoms with Crippen LogP contribution in [0.3, 0.4) is 0 Å². The van der Waals surface area contributed by atoms with E-state index in [1.165, 1.54) is 25.7 Å². The van der Waals surface area contributed by atoms with E-state index in [1.807, 2.05) is 30.6 Å². The molecule has 2 aromatic rings. The van der Waals surface area contributed by atoms with Crippen LogP contribution in [-0.2, 0) is 6.54 Å². The second kappa shape index (κ2) is 7.02. The fourth-order valence-corrected chi connectivity index (χ4v) is 2.59. The Morgan fingerprint density at radius 2 is 1.90 bits per heavy atom. The van der Waals surface area contributed by atoms with Crippen molar-refractivity contribution in [3.63, 3.8) is 0 Å². The Labute approximate surface area is 125 Å². The molecule has 2 aromatic heterocycles. The SMILES string of the molecule is c1cncc(CNc2nccc(N3CCCCCC3)n2)c1. The first-order valence-electron chi connectivity index (χ1n) is 7.62. The van der Waals surface area contributed by atoms with Gasteiger partial charge in [0.05, 0.1) is 0 Å². The summed E-state index contributed by atoms with van der Waals surface area (Å²) in [7, 11) is 0. The average molecular weight is 283 g/mol. The smallest absolute Gasteiger partial charge is 0.224 e. The number of rotatable bonds is 4. The Kier molecular flexibility index (Phi) is 4.61. The van der Waals surface area contributed by atoms with E-state index in [0.29, 0.717) is 12.5 Å². The van der Waals surface area contributed by atoms with E-state index < -0.39 is 0 Å². The second-order valence-corrected chi connectivity index (χ2v) is 5.35. The number of pyridine rings is 1. The van der Waals surface area contributed by atoms with Crippen molar-refractivity contribution in [3.8, 4) is 0 Å². The lowest BCUT2D eigenvalue weighted by Gasteiger charge is -2.21. The maximum atomic E-state index is 4.64. The number of nitrogens with one attached hydrogen (secondary N) is 1. The molecule has 0 atom stereocenters. The van der Waals surface area contributed by atoms with E-state index in [-0.39, 0.29) is 0 Å². The molecule has 0 aromatic carbocycles. The molecule has 0 saturated carbocycles. The Balaban J connectivity index is 1.65. The van der Waals surface area contributed by atoms with Gasteiger partial charge in [0, 0.05) is 38.2 Å². The van der Waals surface area contributed by atoms with Gasteiger partial charge >= 0.3 is 0 Å². The van der Waals surface area contributed by atoms with E-state index >= 15 is 0 Å². The summed E-state index contributed by atoms with van der Waals surface area (Å²) in [6.45, 7) is 2.88. The maximum Gasteiger partial charge on any atom is 0.224 e. The largest absolute Gasteiger partial charge is 0.356 e. The van der Waals surface area contributed by atoms with Crippen molar-refractivity contribution < 1.29 is 0 Å². The van der Waals surface area contributed by atoms with E-state index in [4.69, 9.17) is 0 Å². The van der Waals surface area contributed by atoms with Crippen molar-refractivity contribution in [2.75, 3.05) is 23.3 Å². The normalized spacial score (nSPS) is 15.5. The summed E-state index contributed by atoms with van der Waals surface area (Å²) in [6, 6.07) is 5.98. The van der Waals surface area contributed by atoms with Crippen molar-refractivity contribution >= 4 is 11.8 Å². The molecule has 3 rings (SSSR count). The van der Waals surface area contributed by atoms with E-state index in [1.54, 1.807) is 6.20 Å². The number of hydrogen-bond donors (Lipinski definition) is 1. The average Bonchev–Trinajstić information content (AvgIpc) is 2.83. The van der Waals surface area contributed by atoms with Gasteiger partial charge in [0.25, 0.3) is 0 Å². The molecule has 110 valence electrons. The Morgan fingerprint density at radius 3 is 2.67 bits per heavy atom. The molecule has 21 heavy (non-hydrogen) atoms. The Bertz CT molecular complexity index is 550. The van der Waals surface area contributed by atoms with Gasteiger partial charge in [0.1, 0.15) is 5.82 Å². The van der Waals surface area contributed by atoms with Crippen LogP contribution in [0.2, 0.25) is 0 Å². The minimum atomic E-state index is 0.681. The number of nitrogens with zero attached hydrogens (tertiary/aromatic N) is 4. The van der Waals surface area contributed by atoms with Crippen molar-refractivity contribution in [2.24, 2.45) is 0 Å². The lowest BCUT2D eigenvalue weighted by atomic mass is 10.2. The molecular weight excluding hydrogens is 262 g/mol. The number of hydrogen-bond acceptors (Lipinski definition) is 5. The van der Waals surface area contributed by atoms with E-state index in [9.17, 15) is 0 Å². The minimum absolute atomic E-state index is 0.681. The predicted molar refractivity (Wildman–Crippen MR) is 84.3 cm³/mol. The van der Waals surface area contributed by atoms with Gasteiger partial charge in [-0.15, -0.1) is 0 Å². The molecule has 1 aliphatic rings. The minimum Gasteiger partial charge on any atom is -0.356 e. The van der Waals surface area contributed by atoms with Gasteiger partial charge in [-0.2, -0.15) is 4.98 Å². The van der Waals surface area contributed by atoms with Crippen molar-refractivity contribution in [3.05, 3.63) is 42.4 Å². The van der Waals surface area contributed by atoms with Gasteiger partial charge in [-0.1, -0.05) is 18.9 Å². The summed E-state index contributed by atoms with van der Waals surface area (Å²) in [6.07, 6.45) is 10.6. The zero-order valence-electron chi connectivity index (χ0n) is 12.2. The molecule has 0 radical (unpaired) electrons. The van der Waals surface area contributed by atoms with Crippen LogP contribution in [0.5, 0.6) is 0 Å². The zero-order valence-corrected chi connectivity index (χ0v) is 12.2. The second-order valence-electron chi connectivity index (χ2n) is 5.35. The van der Waals surface area contributed by atoms with Gasteiger partial charge in [0.2, 0.25) is 5.95 Å². The van der Waals surface area contributed by atoms with Crippen molar-refractivity contribution in [1.82, 2.24) is 15.0 Å². The molecule has 0 spiro atoms. The predicted octanol–water partition coefficient (Wildman–Crippen LogP) is 2.86. The van der Waals surface area contributed by atoms with Gasteiger partial charge in [-0.05, 0) is 30.5 Å². The highest BCUT2D eigenvalue weighted by atomic mass is 15.2. The summed E-state index contributed by atoms with van der Waals surface area (Å²) in [5, 5.41) is 3.27. The Morgan fingerprint density at radius 1 is 1.05 bits per heavy atom. The maximum absolute atomic E-state index is 4.64. The Hall–Kier alpha value is -2.17. The molecule has 1 fully saturated rings. The van der Waals surface area contributed by atoms with Crippen LogP contribution >= 0.6 is 0 Å². The molecule has 5 nitrogen and oxygen atoms in total. The molecule has 0 bridgehead atoms. The molecule has 3 heterocycles. The lowest BCUT2D eigenvalue weighted by molar-refractivity contribution is 0.726. The summed E-state index contributed by atoms with van der Waals surface area (Å²) in [5.74, 6) is 1.71. The van der Waals surface area contributed by atoms with Gasteiger partial charge in [0.15, 0.2) is 0 Å². The lowest BCUT2D eigenvalue weighted by Crippen LogP contribution is -2.25. The third-order valence-electron chi connectivity index (χ3n) is 3.74. The fraction of sp³-hybridized carbons (Fsp3) is 0.438. The molecule has 0 amide bonds. The van der Waals surface area contributed by atoms with Crippen LogP contribution < -0.4 is 10.2 Å². The third kappa shape index (κ3) is 3.90. The summed E-state index contributed by atoms with van der Waals surface area (Å²) in [5.41, 5.74) is 1.13. The molecule has 0 unspecified atom stereocenters. The highest BCUT2D eigenvalue weighted by molar-refractivity contribution is 5.42. The first-order valence-corrected chi connectivity index (χ1v) is 7.62. The number of aromatic nitrogens is 3. The summed E-state index contributed by atoms with van der Waals surface area (Å²) < 4.78 is 0. The first kappa shape index (κ1) is 13.8. The van der Waals surface area contributed by atoms with E-state index in [0.717, 1.165) is 24.5 Å². The molecule has 5 heteroatoms. The third-order valence-corrected chi connectivity index (χ3v) is 3.74. The van der Waals surface area contributed by atoms with Crippen LogP contribution in [0.4, 0.5) is 11.8 Å². The van der Waals surface area contributed by atoms with Crippen molar-refractivity contribution in [2.45, 2.75) is 32.2 Å². The quantitative estimate of drug-likeness (QED) is 0.935. The van der Waals surface area contributed by atoms with Gasteiger partial charge < -0.3 is 10.2 Å². The van der Waals surface area contributed by atoms with Crippen LogP contribution in [-0.4, -0.2) is 28.0 Å². The van der Waals surface area contributed by atoms with E-state index in [2.05, 4.69) is 25.2 Å². The highest BCUT2D eigenvalue weighted by Gasteiger charge is 2.11. The fourth-order valence-electron chi connectivity index (χ4n) is 2.59. The zero-order chi connectivity index (χ0) is 14.3. The van der Waals surface area contributed by atoms with Crippen LogP contribution in [0.25, 0.3) is 0 Å². The first-order chi connectivity index (χ1) is 10.4. The highest BCUT2D eigenvalue weighted by Crippen LogP contribution is 2.18. The van der Waals surface area contributed by atoms with Crippen LogP contribution in [0.15, 0.2) is 36.8 Å². The van der Waals surface area contributed by atoms with Gasteiger partial charge in [-0.3, -0.25) is 4.98 Å². The molecule has 1 saturated heterocycles. The molecule has 0 aliphatic carbocycles. The molecular formula is C16H21N5. The van der Waals surface area contributed by atoms with Gasteiger partial charge in [-0.25, -0.2) is 4.98 Å². The monoisotopic (exact) mass is 283 g/mol. The molecule has 1 aliphatic heterocycles. The topological polar surface area (TPSA) is 53.9 Å². The van der Waals surface area contributed by atoms with Crippen LogP contribution in [0, 0.1) is 0 Å². The summed E-state index contributed by atoms with van der Waals surface area (Å²) >= 11 is 0.